The van der Waals surface area contributed by atoms with Crippen molar-refractivity contribution in [3.8, 4) is 0 Å². The minimum atomic E-state index is -0.944. The molecular weight excluding hydrogens is 206 g/mol. The van der Waals surface area contributed by atoms with Gasteiger partial charge >= 0.3 is 5.97 Å². The normalized spacial score (nSPS) is 23.9. The molecule has 1 saturated carbocycles. The second-order valence-electron chi connectivity index (χ2n) is 5.77. The summed E-state index contributed by atoms with van der Waals surface area (Å²) in [7, 11) is 0. The van der Waals surface area contributed by atoms with E-state index < -0.39 is 12.0 Å². The second-order valence-corrected chi connectivity index (χ2v) is 5.77. The molecule has 4 nitrogen and oxygen atoms in total. The van der Waals surface area contributed by atoms with E-state index in [0.717, 1.165) is 6.42 Å². The topological polar surface area (TPSA) is 66.4 Å². The van der Waals surface area contributed by atoms with Crippen LogP contribution in [0.5, 0.6) is 0 Å². The van der Waals surface area contributed by atoms with Gasteiger partial charge in [0, 0.05) is 5.92 Å². The van der Waals surface area contributed by atoms with Gasteiger partial charge in [0.15, 0.2) is 0 Å². The summed E-state index contributed by atoms with van der Waals surface area (Å²) in [6.07, 6.45) is 1.33. The SMILES string of the molecule is CC(C)C[C@H](NC(=O)C1CC1(C)C)C(=O)O. The summed E-state index contributed by atoms with van der Waals surface area (Å²) >= 11 is 0. The van der Waals surface area contributed by atoms with Crippen LogP contribution in [0.15, 0.2) is 0 Å². The summed E-state index contributed by atoms with van der Waals surface area (Å²) in [5, 5.41) is 11.6. The Kier molecular flexibility index (Phi) is 3.61. The van der Waals surface area contributed by atoms with Gasteiger partial charge in [-0.15, -0.1) is 0 Å². The fourth-order valence-corrected chi connectivity index (χ4v) is 1.88. The monoisotopic (exact) mass is 227 g/mol. The molecule has 2 N–H and O–H groups in total. The van der Waals surface area contributed by atoms with Crippen molar-refractivity contribution in [3.05, 3.63) is 0 Å². The highest BCUT2D eigenvalue weighted by molar-refractivity contribution is 5.87. The van der Waals surface area contributed by atoms with Crippen molar-refractivity contribution in [1.29, 1.82) is 0 Å². The molecule has 1 aliphatic rings. The first kappa shape index (κ1) is 13.0. The zero-order valence-electron chi connectivity index (χ0n) is 10.4. The van der Waals surface area contributed by atoms with Crippen LogP contribution in [0.1, 0.15) is 40.5 Å². The maximum absolute atomic E-state index is 11.7. The zero-order chi connectivity index (χ0) is 12.5. The van der Waals surface area contributed by atoms with Crippen molar-refractivity contribution >= 4 is 11.9 Å². The van der Waals surface area contributed by atoms with Gasteiger partial charge < -0.3 is 10.4 Å². The Hall–Kier alpha value is -1.06. The van der Waals surface area contributed by atoms with Crippen LogP contribution in [0, 0.1) is 17.3 Å². The summed E-state index contributed by atoms with van der Waals surface area (Å²) < 4.78 is 0. The number of hydrogen-bond acceptors (Lipinski definition) is 2. The maximum atomic E-state index is 11.7. The van der Waals surface area contributed by atoms with Crippen LogP contribution in [-0.4, -0.2) is 23.0 Å². The van der Waals surface area contributed by atoms with Crippen molar-refractivity contribution in [3.63, 3.8) is 0 Å². The number of amides is 1. The zero-order valence-corrected chi connectivity index (χ0v) is 10.4. The number of carboxylic acids is 1. The first-order valence-electron chi connectivity index (χ1n) is 5.77. The average molecular weight is 227 g/mol. The Morgan fingerprint density at radius 1 is 1.44 bits per heavy atom. The third-order valence-corrected chi connectivity index (χ3v) is 3.15. The molecule has 0 saturated heterocycles. The fourth-order valence-electron chi connectivity index (χ4n) is 1.88. The summed E-state index contributed by atoms with van der Waals surface area (Å²) in [6.45, 7) is 7.94. The lowest BCUT2D eigenvalue weighted by Gasteiger charge is -2.16. The van der Waals surface area contributed by atoms with Crippen molar-refractivity contribution in [2.24, 2.45) is 17.3 Å². The average Bonchev–Trinajstić information content (AvgIpc) is 2.73. The predicted molar refractivity (Wildman–Crippen MR) is 60.9 cm³/mol. The smallest absolute Gasteiger partial charge is 0.326 e. The van der Waals surface area contributed by atoms with E-state index in [9.17, 15) is 9.59 Å². The van der Waals surface area contributed by atoms with E-state index in [2.05, 4.69) is 5.32 Å². The fraction of sp³-hybridized carbons (Fsp3) is 0.833. The molecule has 92 valence electrons. The van der Waals surface area contributed by atoms with Crippen LogP contribution >= 0.6 is 0 Å². The van der Waals surface area contributed by atoms with Gasteiger partial charge in [0.2, 0.25) is 5.91 Å². The Morgan fingerprint density at radius 2 is 1.94 bits per heavy atom. The molecule has 4 heteroatoms. The standard InChI is InChI=1S/C12H21NO3/c1-7(2)5-9(11(15)16)13-10(14)8-6-12(8,3)4/h7-9H,5-6H2,1-4H3,(H,13,14)(H,15,16)/t8?,9-/m0/s1. The van der Waals surface area contributed by atoms with Crippen molar-refractivity contribution < 1.29 is 14.7 Å². The van der Waals surface area contributed by atoms with Gasteiger partial charge in [-0.3, -0.25) is 4.79 Å². The molecule has 0 aromatic heterocycles. The number of rotatable bonds is 5. The van der Waals surface area contributed by atoms with Crippen LogP contribution in [0.4, 0.5) is 0 Å². The van der Waals surface area contributed by atoms with Crippen LogP contribution in [0.2, 0.25) is 0 Å². The summed E-state index contributed by atoms with van der Waals surface area (Å²) in [6, 6.07) is -0.746. The first-order chi connectivity index (χ1) is 7.24. The van der Waals surface area contributed by atoms with E-state index in [1.165, 1.54) is 0 Å². The number of carbonyl (C=O) groups is 2. The quantitative estimate of drug-likeness (QED) is 0.750. The summed E-state index contributed by atoms with van der Waals surface area (Å²) in [4.78, 5) is 22.7. The lowest BCUT2D eigenvalue weighted by molar-refractivity contribution is -0.142. The van der Waals surface area contributed by atoms with E-state index in [1.54, 1.807) is 0 Å². The molecule has 1 unspecified atom stereocenters. The molecule has 0 aliphatic heterocycles. The number of carboxylic acid groups (broad SMARTS) is 1. The highest BCUT2D eigenvalue weighted by Crippen LogP contribution is 2.51. The van der Waals surface area contributed by atoms with Gasteiger partial charge in [0.05, 0.1) is 0 Å². The first-order valence-corrected chi connectivity index (χ1v) is 5.77. The van der Waals surface area contributed by atoms with E-state index in [1.807, 2.05) is 27.7 Å². The molecule has 16 heavy (non-hydrogen) atoms. The van der Waals surface area contributed by atoms with Gasteiger partial charge in [0.1, 0.15) is 6.04 Å². The Balaban J connectivity index is 2.49. The highest BCUT2D eigenvalue weighted by Gasteiger charge is 2.51. The molecule has 1 aliphatic carbocycles. The lowest BCUT2D eigenvalue weighted by atomic mass is 10.0. The molecule has 0 heterocycles. The molecular formula is C12H21NO3. The van der Waals surface area contributed by atoms with E-state index >= 15 is 0 Å². The van der Waals surface area contributed by atoms with Gasteiger partial charge in [0.25, 0.3) is 0 Å². The molecule has 0 aromatic rings. The van der Waals surface area contributed by atoms with Crippen molar-refractivity contribution in [1.82, 2.24) is 5.32 Å². The largest absolute Gasteiger partial charge is 0.480 e. The van der Waals surface area contributed by atoms with Gasteiger partial charge in [-0.25, -0.2) is 4.79 Å². The van der Waals surface area contributed by atoms with E-state index in [4.69, 9.17) is 5.11 Å². The maximum Gasteiger partial charge on any atom is 0.326 e. The Bertz CT molecular complexity index is 297. The third-order valence-electron chi connectivity index (χ3n) is 3.15. The molecule has 1 amide bonds. The van der Waals surface area contributed by atoms with Crippen LogP contribution in [-0.2, 0) is 9.59 Å². The summed E-state index contributed by atoms with van der Waals surface area (Å²) in [5.41, 5.74) is 0.0466. The second kappa shape index (κ2) is 4.44. The highest BCUT2D eigenvalue weighted by atomic mass is 16.4. The molecule has 1 fully saturated rings. The molecule has 1 rings (SSSR count). The Labute approximate surface area is 96.4 Å². The van der Waals surface area contributed by atoms with Gasteiger partial charge in [-0.1, -0.05) is 27.7 Å². The molecule has 0 aromatic carbocycles. The number of carbonyl (C=O) groups excluding carboxylic acids is 1. The molecule has 0 radical (unpaired) electrons. The third kappa shape index (κ3) is 3.22. The van der Waals surface area contributed by atoms with Crippen molar-refractivity contribution in [2.75, 3.05) is 0 Å². The Morgan fingerprint density at radius 3 is 2.25 bits per heavy atom. The van der Waals surface area contributed by atoms with E-state index in [0.29, 0.717) is 6.42 Å². The van der Waals surface area contributed by atoms with E-state index in [-0.39, 0.29) is 23.2 Å². The predicted octanol–water partition coefficient (Wildman–Crippen LogP) is 1.65. The summed E-state index contributed by atoms with van der Waals surface area (Å²) in [5.74, 6) is -0.811. The lowest BCUT2D eigenvalue weighted by Crippen LogP contribution is -2.42. The molecule has 0 spiro atoms. The van der Waals surface area contributed by atoms with Crippen molar-refractivity contribution in [2.45, 2.75) is 46.6 Å². The minimum Gasteiger partial charge on any atom is -0.480 e. The van der Waals surface area contributed by atoms with Gasteiger partial charge in [-0.2, -0.15) is 0 Å². The molecule has 0 bridgehead atoms. The van der Waals surface area contributed by atoms with Gasteiger partial charge in [-0.05, 0) is 24.2 Å². The number of nitrogens with one attached hydrogen (secondary N) is 1. The van der Waals surface area contributed by atoms with Crippen LogP contribution in [0.25, 0.3) is 0 Å². The number of hydrogen-bond donors (Lipinski definition) is 2. The van der Waals surface area contributed by atoms with Crippen LogP contribution in [0.3, 0.4) is 0 Å². The number of aliphatic carboxylic acids is 1. The molecule has 2 atom stereocenters. The minimum absolute atomic E-state index is 0.0125. The van der Waals surface area contributed by atoms with Crippen LogP contribution < -0.4 is 5.32 Å².